The molecule has 0 fully saturated rings. The van der Waals surface area contributed by atoms with Gasteiger partial charge in [-0.15, -0.1) is 0 Å². The lowest BCUT2D eigenvalue weighted by Crippen LogP contribution is -2.05. The van der Waals surface area contributed by atoms with Gasteiger partial charge in [-0.2, -0.15) is 0 Å². The lowest BCUT2D eigenvalue weighted by molar-refractivity contribution is -0.143. The number of carbonyl (C=O) groups is 1. The summed E-state index contributed by atoms with van der Waals surface area (Å²) in [5.74, 6) is 0.223. The SMILES string of the molecule is CCOC(=O)CC[C@H](C)c1ccoc1. The zero-order chi connectivity index (χ0) is 10.4. The molecule has 1 atom stereocenters. The third kappa shape index (κ3) is 3.24. The Kier molecular flexibility index (Phi) is 4.23. The summed E-state index contributed by atoms with van der Waals surface area (Å²) in [5.41, 5.74) is 1.13. The van der Waals surface area contributed by atoms with Crippen LogP contribution < -0.4 is 0 Å². The zero-order valence-corrected chi connectivity index (χ0v) is 8.66. The second-order valence-corrected chi connectivity index (χ2v) is 3.30. The molecule has 1 heterocycles. The van der Waals surface area contributed by atoms with Crippen LogP contribution in [0, 0.1) is 0 Å². The van der Waals surface area contributed by atoms with Crippen molar-refractivity contribution < 1.29 is 13.9 Å². The normalized spacial score (nSPS) is 12.4. The number of carbonyl (C=O) groups excluding carboxylic acids is 1. The average molecular weight is 196 g/mol. The maximum atomic E-state index is 11.1. The van der Waals surface area contributed by atoms with Crippen molar-refractivity contribution in [1.82, 2.24) is 0 Å². The van der Waals surface area contributed by atoms with Gasteiger partial charge in [-0.25, -0.2) is 0 Å². The molecule has 3 heteroatoms. The summed E-state index contributed by atoms with van der Waals surface area (Å²) in [6.07, 6.45) is 4.64. The Morgan fingerprint density at radius 3 is 3.00 bits per heavy atom. The van der Waals surface area contributed by atoms with Crippen LogP contribution in [0.4, 0.5) is 0 Å². The van der Waals surface area contributed by atoms with Gasteiger partial charge < -0.3 is 9.15 Å². The number of hydrogen-bond acceptors (Lipinski definition) is 3. The van der Waals surface area contributed by atoms with E-state index < -0.39 is 0 Å². The second-order valence-electron chi connectivity index (χ2n) is 3.30. The summed E-state index contributed by atoms with van der Waals surface area (Å²) in [6, 6.07) is 1.93. The standard InChI is InChI=1S/C11H16O3/c1-3-14-11(12)5-4-9(2)10-6-7-13-8-10/h6-9H,3-5H2,1-2H3/t9-/m0/s1. The fourth-order valence-electron chi connectivity index (χ4n) is 1.29. The van der Waals surface area contributed by atoms with Gasteiger partial charge in [0.15, 0.2) is 0 Å². The Bertz CT molecular complexity index is 264. The van der Waals surface area contributed by atoms with Crippen LogP contribution in [0.1, 0.15) is 38.2 Å². The van der Waals surface area contributed by atoms with Crippen molar-refractivity contribution in [3.05, 3.63) is 24.2 Å². The highest BCUT2D eigenvalue weighted by Gasteiger charge is 2.09. The molecule has 0 saturated heterocycles. The highest BCUT2D eigenvalue weighted by molar-refractivity contribution is 5.69. The van der Waals surface area contributed by atoms with Crippen LogP contribution in [0.3, 0.4) is 0 Å². The first-order valence-electron chi connectivity index (χ1n) is 4.91. The zero-order valence-electron chi connectivity index (χ0n) is 8.66. The molecule has 0 aromatic carbocycles. The lowest BCUT2D eigenvalue weighted by Gasteiger charge is -2.07. The molecule has 1 rings (SSSR count). The fourth-order valence-corrected chi connectivity index (χ4v) is 1.29. The molecule has 78 valence electrons. The van der Waals surface area contributed by atoms with Crippen molar-refractivity contribution in [2.75, 3.05) is 6.61 Å². The highest BCUT2D eigenvalue weighted by Crippen LogP contribution is 2.20. The summed E-state index contributed by atoms with van der Waals surface area (Å²) < 4.78 is 9.82. The third-order valence-corrected chi connectivity index (χ3v) is 2.20. The Balaban J connectivity index is 2.28. The fraction of sp³-hybridized carbons (Fsp3) is 0.545. The molecular formula is C11H16O3. The molecule has 1 aromatic rings. The molecule has 0 amide bonds. The van der Waals surface area contributed by atoms with Crippen LogP contribution in [0.15, 0.2) is 23.0 Å². The van der Waals surface area contributed by atoms with E-state index in [9.17, 15) is 4.79 Å². The first kappa shape index (κ1) is 10.8. The van der Waals surface area contributed by atoms with E-state index in [1.54, 1.807) is 12.5 Å². The van der Waals surface area contributed by atoms with Gasteiger partial charge in [-0.1, -0.05) is 6.92 Å². The molecule has 0 saturated carbocycles. The van der Waals surface area contributed by atoms with Crippen LogP contribution in [-0.2, 0) is 9.53 Å². The van der Waals surface area contributed by atoms with Gasteiger partial charge in [0.05, 0.1) is 19.1 Å². The molecule has 0 spiro atoms. The van der Waals surface area contributed by atoms with Crippen molar-refractivity contribution in [3.8, 4) is 0 Å². The van der Waals surface area contributed by atoms with Crippen molar-refractivity contribution in [2.24, 2.45) is 0 Å². The number of rotatable bonds is 5. The molecule has 14 heavy (non-hydrogen) atoms. The summed E-state index contributed by atoms with van der Waals surface area (Å²) in [6.45, 7) is 4.35. The van der Waals surface area contributed by atoms with Crippen LogP contribution in [0.25, 0.3) is 0 Å². The minimum absolute atomic E-state index is 0.122. The van der Waals surface area contributed by atoms with E-state index >= 15 is 0 Å². The first-order valence-corrected chi connectivity index (χ1v) is 4.91. The Morgan fingerprint density at radius 2 is 2.43 bits per heavy atom. The van der Waals surface area contributed by atoms with Crippen LogP contribution in [0.5, 0.6) is 0 Å². The molecule has 0 aliphatic carbocycles. The van der Waals surface area contributed by atoms with E-state index in [-0.39, 0.29) is 5.97 Å². The maximum Gasteiger partial charge on any atom is 0.305 e. The van der Waals surface area contributed by atoms with Crippen molar-refractivity contribution >= 4 is 5.97 Å². The highest BCUT2D eigenvalue weighted by atomic mass is 16.5. The number of ether oxygens (including phenoxy) is 1. The molecule has 0 aliphatic heterocycles. The molecule has 3 nitrogen and oxygen atoms in total. The first-order chi connectivity index (χ1) is 6.74. The third-order valence-electron chi connectivity index (χ3n) is 2.20. The van der Waals surface area contributed by atoms with Crippen LogP contribution in [-0.4, -0.2) is 12.6 Å². The minimum atomic E-state index is -0.122. The summed E-state index contributed by atoms with van der Waals surface area (Å²) >= 11 is 0. The second kappa shape index (κ2) is 5.47. The predicted octanol–water partition coefficient (Wildman–Crippen LogP) is 2.73. The van der Waals surface area contributed by atoms with Gasteiger partial charge in [-0.05, 0) is 30.9 Å². The predicted molar refractivity (Wildman–Crippen MR) is 53.0 cm³/mol. The van der Waals surface area contributed by atoms with Gasteiger partial charge in [0.1, 0.15) is 0 Å². The summed E-state index contributed by atoms with van der Waals surface area (Å²) in [7, 11) is 0. The maximum absolute atomic E-state index is 11.1. The Hall–Kier alpha value is -1.25. The van der Waals surface area contributed by atoms with Crippen molar-refractivity contribution in [3.63, 3.8) is 0 Å². The number of furan rings is 1. The average Bonchev–Trinajstić information content (AvgIpc) is 2.67. The smallest absolute Gasteiger partial charge is 0.305 e. The summed E-state index contributed by atoms with van der Waals surface area (Å²) in [4.78, 5) is 11.1. The molecule has 1 aromatic heterocycles. The number of hydrogen-bond donors (Lipinski definition) is 0. The molecule has 0 aliphatic rings. The topological polar surface area (TPSA) is 39.4 Å². The van der Waals surface area contributed by atoms with Gasteiger partial charge in [0, 0.05) is 6.42 Å². The molecule has 0 N–H and O–H groups in total. The molecule has 0 unspecified atom stereocenters. The Labute approximate surface area is 84.1 Å². The van der Waals surface area contributed by atoms with Gasteiger partial charge >= 0.3 is 5.97 Å². The van der Waals surface area contributed by atoms with Crippen molar-refractivity contribution in [1.29, 1.82) is 0 Å². The van der Waals surface area contributed by atoms with Crippen LogP contribution in [0.2, 0.25) is 0 Å². The van der Waals surface area contributed by atoms with E-state index in [1.165, 1.54) is 0 Å². The van der Waals surface area contributed by atoms with Crippen LogP contribution >= 0.6 is 0 Å². The van der Waals surface area contributed by atoms with Gasteiger partial charge in [-0.3, -0.25) is 4.79 Å². The quantitative estimate of drug-likeness (QED) is 0.680. The number of esters is 1. The monoisotopic (exact) mass is 196 g/mol. The summed E-state index contributed by atoms with van der Waals surface area (Å²) in [5, 5.41) is 0. The van der Waals surface area contributed by atoms with E-state index in [0.717, 1.165) is 12.0 Å². The molecule has 0 radical (unpaired) electrons. The lowest BCUT2D eigenvalue weighted by atomic mass is 9.99. The van der Waals surface area contributed by atoms with E-state index in [2.05, 4.69) is 6.92 Å². The van der Waals surface area contributed by atoms with Gasteiger partial charge in [0.2, 0.25) is 0 Å². The minimum Gasteiger partial charge on any atom is -0.472 e. The Morgan fingerprint density at radius 1 is 1.64 bits per heavy atom. The van der Waals surface area contributed by atoms with Gasteiger partial charge in [0.25, 0.3) is 0 Å². The largest absolute Gasteiger partial charge is 0.472 e. The van der Waals surface area contributed by atoms with E-state index in [1.807, 2.05) is 13.0 Å². The molecular weight excluding hydrogens is 180 g/mol. The molecule has 0 bridgehead atoms. The van der Waals surface area contributed by atoms with E-state index in [0.29, 0.717) is 18.9 Å². The van der Waals surface area contributed by atoms with E-state index in [4.69, 9.17) is 9.15 Å². The van der Waals surface area contributed by atoms with Crippen molar-refractivity contribution in [2.45, 2.75) is 32.6 Å².